The van der Waals surface area contributed by atoms with E-state index in [2.05, 4.69) is 10.6 Å². The summed E-state index contributed by atoms with van der Waals surface area (Å²) in [5.74, 6) is -1.29. The lowest BCUT2D eigenvalue weighted by atomic mass is 10.2. The highest BCUT2D eigenvalue weighted by Crippen LogP contribution is 2.11. The number of hydrogen-bond acceptors (Lipinski definition) is 3. The molecule has 1 rings (SSSR count). The van der Waals surface area contributed by atoms with Gasteiger partial charge in [0.25, 0.3) is 0 Å². The highest BCUT2D eigenvalue weighted by molar-refractivity contribution is 5.92. The first-order chi connectivity index (χ1) is 9.92. The first kappa shape index (κ1) is 16.2. The number of rotatable bonds is 5. The molecule has 0 bridgehead atoms. The summed E-state index contributed by atoms with van der Waals surface area (Å²) in [4.78, 5) is 34.6. The van der Waals surface area contributed by atoms with Gasteiger partial charge in [-0.1, -0.05) is 12.1 Å². The quantitative estimate of drug-likeness (QED) is 0.705. The lowest BCUT2D eigenvalue weighted by molar-refractivity contribution is -0.131. The van der Waals surface area contributed by atoms with Crippen molar-refractivity contribution in [2.24, 2.45) is 0 Å². The molecule has 0 aromatic heterocycles. The minimum absolute atomic E-state index is 0.0399. The van der Waals surface area contributed by atoms with Crippen molar-refractivity contribution in [1.82, 2.24) is 10.2 Å². The molecule has 0 heterocycles. The molecule has 0 spiro atoms. The third-order valence-corrected chi connectivity index (χ3v) is 2.59. The summed E-state index contributed by atoms with van der Waals surface area (Å²) >= 11 is 0. The second-order valence-electron chi connectivity index (χ2n) is 4.25. The van der Waals surface area contributed by atoms with Crippen LogP contribution >= 0.6 is 0 Å². The van der Waals surface area contributed by atoms with Crippen LogP contribution in [0.2, 0.25) is 0 Å². The highest BCUT2D eigenvalue weighted by Gasteiger charge is 2.11. The molecule has 1 aromatic rings. The number of nitrogens with zero attached hydrogens (tertiary/aromatic N) is 1. The molecule has 3 N–H and O–H groups in total. The molecule has 1 aromatic carbocycles. The van der Waals surface area contributed by atoms with Crippen LogP contribution in [-0.4, -0.2) is 48.6 Å². The van der Waals surface area contributed by atoms with Gasteiger partial charge in [-0.25, -0.2) is 9.59 Å². The van der Waals surface area contributed by atoms with Crippen molar-refractivity contribution >= 4 is 29.7 Å². The van der Waals surface area contributed by atoms with Crippen molar-refractivity contribution in [2.75, 3.05) is 26.0 Å². The van der Waals surface area contributed by atoms with Crippen molar-refractivity contribution in [3.05, 3.63) is 35.9 Å². The third kappa shape index (κ3) is 5.77. The zero-order chi connectivity index (χ0) is 15.8. The molecule has 7 heteroatoms. The van der Waals surface area contributed by atoms with Crippen LogP contribution < -0.4 is 10.6 Å². The summed E-state index contributed by atoms with van der Waals surface area (Å²) in [5.41, 5.74) is 1.25. The van der Waals surface area contributed by atoms with E-state index in [1.165, 1.54) is 25.1 Å². The molecule has 0 atom stereocenters. The molecule has 0 aliphatic heterocycles. The van der Waals surface area contributed by atoms with E-state index in [9.17, 15) is 14.4 Å². The molecule has 7 nitrogen and oxygen atoms in total. The number of carbonyl (C=O) groups excluding carboxylic acids is 2. The molecule has 0 saturated heterocycles. The van der Waals surface area contributed by atoms with Crippen molar-refractivity contribution in [2.45, 2.75) is 0 Å². The monoisotopic (exact) mass is 291 g/mol. The number of anilines is 1. The minimum Gasteiger partial charge on any atom is -0.478 e. The fraction of sp³-hybridized carbons (Fsp3) is 0.214. The summed E-state index contributed by atoms with van der Waals surface area (Å²) in [6.45, 7) is -0.0399. The number of carboxylic acids is 1. The van der Waals surface area contributed by atoms with E-state index in [1.54, 1.807) is 24.3 Å². The van der Waals surface area contributed by atoms with E-state index in [1.807, 2.05) is 0 Å². The number of carboxylic acid groups (broad SMARTS) is 1. The van der Waals surface area contributed by atoms with Gasteiger partial charge < -0.3 is 20.6 Å². The fourth-order valence-electron chi connectivity index (χ4n) is 1.43. The van der Waals surface area contributed by atoms with Crippen LogP contribution in [0.15, 0.2) is 30.3 Å². The van der Waals surface area contributed by atoms with Crippen molar-refractivity contribution in [1.29, 1.82) is 0 Å². The standard InChI is InChI=1S/C14H17N3O4/c1-15-12(18)9-17(2)14(21)16-11-6-3-10(4-7-11)5-8-13(19)20/h3-8H,9H2,1-2H3,(H,15,18)(H,16,21)(H,19,20). The Balaban J connectivity index is 2.61. The van der Waals surface area contributed by atoms with Crippen LogP contribution in [0.5, 0.6) is 0 Å². The Morgan fingerprint density at radius 2 is 1.86 bits per heavy atom. The number of benzene rings is 1. The largest absolute Gasteiger partial charge is 0.478 e. The molecule has 0 aliphatic rings. The second-order valence-corrected chi connectivity index (χ2v) is 4.25. The van der Waals surface area contributed by atoms with Crippen LogP contribution in [0.3, 0.4) is 0 Å². The topological polar surface area (TPSA) is 98.7 Å². The average molecular weight is 291 g/mol. The van der Waals surface area contributed by atoms with Gasteiger partial charge in [-0.2, -0.15) is 0 Å². The zero-order valence-corrected chi connectivity index (χ0v) is 11.8. The van der Waals surface area contributed by atoms with E-state index < -0.39 is 12.0 Å². The van der Waals surface area contributed by atoms with Crippen LogP contribution in [0.1, 0.15) is 5.56 Å². The Labute approximate surface area is 122 Å². The van der Waals surface area contributed by atoms with Gasteiger partial charge in [0.05, 0.1) is 0 Å². The van der Waals surface area contributed by atoms with Crippen LogP contribution in [0.25, 0.3) is 6.08 Å². The number of aliphatic carboxylic acids is 1. The number of urea groups is 1. The third-order valence-electron chi connectivity index (χ3n) is 2.59. The maximum Gasteiger partial charge on any atom is 0.328 e. The summed E-state index contributed by atoms with van der Waals surface area (Å²) in [5, 5.41) is 13.6. The Morgan fingerprint density at radius 3 is 2.38 bits per heavy atom. The molecular weight excluding hydrogens is 274 g/mol. The molecule has 3 amide bonds. The van der Waals surface area contributed by atoms with Gasteiger partial charge >= 0.3 is 12.0 Å². The predicted octanol–water partition coefficient (Wildman–Crippen LogP) is 0.994. The van der Waals surface area contributed by atoms with E-state index >= 15 is 0 Å². The van der Waals surface area contributed by atoms with Crippen LogP contribution in [0.4, 0.5) is 10.5 Å². The highest BCUT2D eigenvalue weighted by atomic mass is 16.4. The van der Waals surface area contributed by atoms with Crippen molar-refractivity contribution < 1.29 is 19.5 Å². The normalized spacial score (nSPS) is 10.2. The fourth-order valence-corrected chi connectivity index (χ4v) is 1.43. The number of hydrogen-bond donors (Lipinski definition) is 3. The minimum atomic E-state index is -1.02. The van der Waals surface area contributed by atoms with E-state index in [0.29, 0.717) is 11.3 Å². The van der Waals surface area contributed by atoms with Gasteiger partial charge in [-0.15, -0.1) is 0 Å². The molecule has 0 saturated carbocycles. The van der Waals surface area contributed by atoms with Crippen LogP contribution in [0, 0.1) is 0 Å². The summed E-state index contributed by atoms with van der Waals surface area (Å²) in [6, 6.07) is 6.23. The predicted molar refractivity (Wildman–Crippen MR) is 78.8 cm³/mol. The molecule has 0 fully saturated rings. The van der Waals surface area contributed by atoms with E-state index in [4.69, 9.17) is 5.11 Å². The van der Waals surface area contributed by atoms with Gasteiger partial charge in [-0.3, -0.25) is 4.79 Å². The molecule has 0 aliphatic carbocycles. The molecule has 0 radical (unpaired) electrons. The first-order valence-electron chi connectivity index (χ1n) is 6.16. The Hall–Kier alpha value is -2.83. The molecule has 112 valence electrons. The first-order valence-corrected chi connectivity index (χ1v) is 6.16. The SMILES string of the molecule is CNC(=O)CN(C)C(=O)Nc1ccc(C=CC(=O)O)cc1. The number of likely N-dealkylation sites (N-methyl/N-ethyl adjacent to an activating group) is 2. The van der Waals surface area contributed by atoms with E-state index in [0.717, 1.165) is 6.08 Å². The Kier molecular flexibility index (Phi) is 5.94. The molecule has 21 heavy (non-hydrogen) atoms. The van der Waals surface area contributed by atoms with Crippen molar-refractivity contribution in [3.8, 4) is 0 Å². The van der Waals surface area contributed by atoms with Gasteiger partial charge in [0.15, 0.2) is 0 Å². The maximum absolute atomic E-state index is 11.8. The smallest absolute Gasteiger partial charge is 0.328 e. The Bertz CT molecular complexity index is 552. The summed E-state index contributed by atoms with van der Waals surface area (Å²) < 4.78 is 0. The summed E-state index contributed by atoms with van der Waals surface area (Å²) in [7, 11) is 3.01. The van der Waals surface area contributed by atoms with Gasteiger partial charge in [-0.05, 0) is 23.8 Å². The number of amides is 3. The maximum atomic E-state index is 11.8. The van der Waals surface area contributed by atoms with Crippen LogP contribution in [-0.2, 0) is 9.59 Å². The molecular formula is C14H17N3O4. The summed E-state index contributed by atoms with van der Waals surface area (Å²) in [6.07, 6.45) is 2.48. The number of carbonyl (C=O) groups is 3. The van der Waals surface area contributed by atoms with E-state index in [-0.39, 0.29) is 12.5 Å². The second kappa shape index (κ2) is 7.68. The van der Waals surface area contributed by atoms with Gasteiger partial charge in [0.2, 0.25) is 5.91 Å². The molecule has 0 unspecified atom stereocenters. The van der Waals surface area contributed by atoms with Gasteiger partial charge in [0.1, 0.15) is 6.54 Å². The van der Waals surface area contributed by atoms with Crippen molar-refractivity contribution in [3.63, 3.8) is 0 Å². The Morgan fingerprint density at radius 1 is 1.24 bits per heavy atom. The number of nitrogens with one attached hydrogen (secondary N) is 2. The average Bonchev–Trinajstić information content (AvgIpc) is 2.46. The van der Waals surface area contributed by atoms with Gasteiger partial charge in [0, 0.05) is 25.9 Å². The lowest BCUT2D eigenvalue weighted by Crippen LogP contribution is -2.39. The lowest BCUT2D eigenvalue weighted by Gasteiger charge is -2.16. The zero-order valence-electron chi connectivity index (χ0n) is 11.8.